The Balaban J connectivity index is 1.99. The molecule has 0 aromatic carbocycles. The van der Waals surface area contributed by atoms with Crippen LogP contribution in [0.4, 0.5) is 14.6 Å². The van der Waals surface area contributed by atoms with Crippen LogP contribution < -0.4 is 11.4 Å². The van der Waals surface area contributed by atoms with Crippen LogP contribution in [0.25, 0.3) is 0 Å². The van der Waals surface area contributed by atoms with E-state index < -0.39 is 50.4 Å². The predicted octanol–water partition coefficient (Wildman–Crippen LogP) is 12.0. The van der Waals surface area contributed by atoms with Crippen molar-refractivity contribution in [1.29, 1.82) is 0 Å². The number of nitrogens with zero attached hydrogens (tertiary/aromatic N) is 2. The monoisotopic (exact) mass is 820 g/mol. The van der Waals surface area contributed by atoms with Crippen molar-refractivity contribution in [2.24, 2.45) is 0 Å². The third-order valence-electron chi connectivity index (χ3n) is 10.3. The number of hydrogen-bond donors (Lipinski definition) is 1. The minimum Gasteiger partial charge on any atom is -0.453 e. The van der Waals surface area contributed by atoms with Gasteiger partial charge in [-0.1, -0.05) is 168 Å². The lowest BCUT2D eigenvalue weighted by atomic mass is 10.0. The first-order chi connectivity index (χ1) is 27.1. The van der Waals surface area contributed by atoms with E-state index in [1.807, 2.05) is 0 Å². The highest BCUT2D eigenvalue weighted by atomic mass is 31.2. The average molecular weight is 820 g/mol. The molecule has 0 radical (unpaired) electrons. The maximum absolute atomic E-state index is 16.1. The summed E-state index contributed by atoms with van der Waals surface area (Å²) in [6.45, 7) is 6.03. The molecule has 1 aromatic heterocycles. The van der Waals surface area contributed by atoms with Gasteiger partial charge < -0.3 is 15.2 Å². The van der Waals surface area contributed by atoms with Gasteiger partial charge in [-0.05, 0) is 25.3 Å². The lowest BCUT2D eigenvalue weighted by Gasteiger charge is -2.25. The van der Waals surface area contributed by atoms with Gasteiger partial charge in [0.15, 0.2) is 6.10 Å². The second-order valence-electron chi connectivity index (χ2n) is 15.4. The molecule has 1 fully saturated rings. The molecule has 1 saturated heterocycles. The summed E-state index contributed by atoms with van der Waals surface area (Å²) >= 11 is 0. The second-order valence-corrected chi connectivity index (χ2v) is 17.1. The van der Waals surface area contributed by atoms with E-state index in [0.717, 1.165) is 96.1 Å². The van der Waals surface area contributed by atoms with Gasteiger partial charge in [0.2, 0.25) is 6.23 Å². The number of aromatic nitrogens is 2. The molecule has 3 atom stereocenters. The summed E-state index contributed by atoms with van der Waals surface area (Å²) in [5.74, 6) is -4.83. The zero-order valence-electron chi connectivity index (χ0n) is 35.0. The quantitative estimate of drug-likeness (QED) is 0.0395. The standard InChI is InChI=1S/C42H76F2N3O8P/c1-4-7-10-13-16-17-18-19-20-21-22-23-24-27-30-38(48)55-39-36(54-40(42(39,43)44)47-32-31-37(45)46-41(47)49)35-53-56(50,51-33-28-25-14-11-8-5-2)52-34-29-26-15-12-9-6-3/h31-32,36,39-40H,4-30,33-35H2,1-3H3,(H2,45,46,49)/t36-,39-,40-/m1/s1. The molecule has 0 saturated carbocycles. The zero-order valence-corrected chi connectivity index (χ0v) is 35.9. The lowest BCUT2D eigenvalue weighted by Crippen LogP contribution is -2.44. The summed E-state index contributed by atoms with van der Waals surface area (Å²) in [4.78, 5) is 29.2. The van der Waals surface area contributed by atoms with Gasteiger partial charge >= 0.3 is 25.4 Å². The van der Waals surface area contributed by atoms with Crippen LogP contribution in [-0.2, 0) is 32.4 Å². The summed E-state index contributed by atoms with van der Waals surface area (Å²) in [5, 5.41) is 0. The number of alkyl halides is 2. The van der Waals surface area contributed by atoms with Crippen LogP contribution in [0.2, 0.25) is 0 Å². The summed E-state index contributed by atoms with van der Waals surface area (Å²) in [6, 6.07) is 1.20. The van der Waals surface area contributed by atoms with E-state index in [9.17, 15) is 14.2 Å². The first-order valence-corrected chi connectivity index (χ1v) is 23.6. The van der Waals surface area contributed by atoms with Gasteiger partial charge in [-0.2, -0.15) is 13.8 Å². The van der Waals surface area contributed by atoms with Crippen molar-refractivity contribution in [1.82, 2.24) is 9.55 Å². The van der Waals surface area contributed by atoms with Crippen molar-refractivity contribution < 1.29 is 41.2 Å². The number of nitrogen functional groups attached to an aromatic ring is 1. The van der Waals surface area contributed by atoms with E-state index >= 15 is 8.78 Å². The number of anilines is 1. The normalized spacial score (nSPS) is 18.1. The number of esters is 1. The van der Waals surface area contributed by atoms with Gasteiger partial charge in [-0.25, -0.2) is 9.36 Å². The number of nitrogens with two attached hydrogens (primary N) is 1. The molecule has 2 heterocycles. The molecule has 0 aliphatic carbocycles. The van der Waals surface area contributed by atoms with Crippen molar-refractivity contribution in [3.05, 3.63) is 22.7 Å². The Labute approximate surface area is 336 Å². The fourth-order valence-electron chi connectivity index (χ4n) is 6.91. The Bertz CT molecular complexity index is 1250. The van der Waals surface area contributed by atoms with Crippen LogP contribution in [0.15, 0.2) is 17.1 Å². The van der Waals surface area contributed by atoms with Crippen molar-refractivity contribution in [3.8, 4) is 0 Å². The molecule has 2 rings (SSSR count). The molecule has 1 aliphatic heterocycles. The van der Waals surface area contributed by atoms with E-state index in [0.29, 0.717) is 23.8 Å². The number of phosphoric ester groups is 1. The summed E-state index contributed by atoms with van der Waals surface area (Å²) in [5.41, 5.74) is 4.54. The molecule has 56 heavy (non-hydrogen) atoms. The molecule has 1 aromatic rings. The minimum atomic E-state index is -4.21. The Hall–Kier alpha value is -1.92. The number of rotatable bonds is 36. The molecule has 1 aliphatic rings. The molecule has 0 amide bonds. The van der Waals surface area contributed by atoms with Gasteiger partial charge in [-0.3, -0.25) is 22.9 Å². The number of hydrogen-bond acceptors (Lipinski definition) is 10. The van der Waals surface area contributed by atoms with E-state index in [2.05, 4.69) is 25.8 Å². The van der Waals surface area contributed by atoms with Crippen molar-refractivity contribution in [2.75, 3.05) is 25.6 Å². The van der Waals surface area contributed by atoms with Gasteiger partial charge in [-0.15, -0.1) is 0 Å². The SMILES string of the molecule is CCCCCCCCCCCCCCCCC(=O)O[C@@H]1[C@@H](COP(=O)(OCCCCCCCC)OCCCCCCCC)O[C@@H](n2ccc(N)nc2=O)C1(F)F. The van der Waals surface area contributed by atoms with Gasteiger partial charge in [0, 0.05) is 12.6 Å². The maximum atomic E-state index is 16.1. The first kappa shape index (κ1) is 50.2. The third kappa shape index (κ3) is 20.7. The summed E-state index contributed by atoms with van der Waals surface area (Å²) < 4.78 is 74.8. The van der Waals surface area contributed by atoms with Crippen molar-refractivity contribution in [3.63, 3.8) is 0 Å². The minimum absolute atomic E-state index is 0.0482. The highest BCUT2D eigenvalue weighted by Gasteiger charge is 2.63. The van der Waals surface area contributed by atoms with Crippen molar-refractivity contribution in [2.45, 2.75) is 218 Å². The lowest BCUT2D eigenvalue weighted by molar-refractivity contribution is -0.176. The maximum Gasteiger partial charge on any atom is 0.474 e. The van der Waals surface area contributed by atoms with E-state index in [4.69, 9.17) is 28.8 Å². The van der Waals surface area contributed by atoms with Crippen LogP contribution in [0, 0.1) is 0 Å². The number of unbranched alkanes of at least 4 members (excludes halogenated alkanes) is 23. The molecule has 0 unspecified atom stereocenters. The average Bonchev–Trinajstić information content (AvgIpc) is 3.41. The molecular weight excluding hydrogens is 743 g/mol. The summed E-state index contributed by atoms with van der Waals surface area (Å²) in [7, 11) is -4.21. The van der Waals surface area contributed by atoms with Crippen LogP contribution in [0.5, 0.6) is 0 Å². The highest BCUT2D eigenvalue weighted by molar-refractivity contribution is 7.48. The Morgan fingerprint density at radius 2 is 1.16 bits per heavy atom. The van der Waals surface area contributed by atoms with Crippen LogP contribution >= 0.6 is 7.82 Å². The topological polar surface area (TPSA) is 141 Å². The van der Waals surface area contributed by atoms with E-state index in [1.54, 1.807) is 0 Å². The molecule has 14 heteroatoms. The first-order valence-electron chi connectivity index (χ1n) is 22.2. The predicted molar refractivity (Wildman–Crippen MR) is 219 cm³/mol. The van der Waals surface area contributed by atoms with E-state index in [-0.39, 0.29) is 25.5 Å². The Morgan fingerprint density at radius 3 is 1.61 bits per heavy atom. The second kappa shape index (κ2) is 30.2. The number of carbonyl (C=O) groups is 1. The Kier molecular flexibility index (Phi) is 27.1. The molecule has 11 nitrogen and oxygen atoms in total. The van der Waals surface area contributed by atoms with Crippen LogP contribution in [0.1, 0.15) is 200 Å². The van der Waals surface area contributed by atoms with E-state index in [1.165, 1.54) is 63.9 Å². The third-order valence-corrected chi connectivity index (χ3v) is 11.8. The number of ether oxygens (including phenoxy) is 2. The summed E-state index contributed by atoms with van der Waals surface area (Å²) in [6.07, 6.45) is 22.9. The molecule has 2 N–H and O–H groups in total. The van der Waals surface area contributed by atoms with Gasteiger partial charge in [0.25, 0.3) is 0 Å². The highest BCUT2D eigenvalue weighted by Crippen LogP contribution is 2.52. The zero-order chi connectivity index (χ0) is 40.9. The molecular formula is C42H76F2N3O8P. The number of halogens is 2. The molecule has 0 bridgehead atoms. The van der Waals surface area contributed by atoms with Gasteiger partial charge in [0.05, 0.1) is 19.8 Å². The molecule has 0 spiro atoms. The van der Waals surface area contributed by atoms with Gasteiger partial charge in [0.1, 0.15) is 11.9 Å². The van der Waals surface area contributed by atoms with Crippen LogP contribution in [-0.4, -0.2) is 53.5 Å². The largest absolute Gasteiger partial charge is 0.474 e. The fourth-order valence-corrected chi connectivity index (χ4v) is 8.17. The van der Waals surface area contributed by atoms with Crippen LogP contribution in [0.3, 0.4) is 0 Å². The van der Waals surface area contributed by atoms with Crippen molar-refractivity contribution >= 4 is 19.6 Å². The molecule has 326 valence electrons. The fraction of sp³-hybridized carbons (Fsp3) is 0.881. The number of carbonyl (C=O) groups excluding carboxylic acids is 1. The number of phosphoric acid groups is 1. The smallest absolute Gasteiger partial charge is 0.453 e. The Morgan fingerprint density at radius 1 is 0.732 bits per heavy atom.